The zero-order valence-corrected chi connectivity index (χ0v) is 10.5. The number of hydrogen-bond acceptors (Lipinski definition) is 4. The molecule has 0 heterocycles. The molecule has 3 nitrogen and oxygen atoms in total. The van der Waals surface area contributed by atoms with Crippen molar-refractivity contribution in [2.24, 2.45) is 0 Å². The van der Waals surface area contributed by atoms with Crippen molar-refractivity contribution >= 4 is 21.6 Å². The van der Waals surface area contributed by atoms with Gasteiger partial charge in [-0.1, -0.05) is 12.1 Å². The van der Waals surface area contributed by atoms with Crippen molar-refractivity contribution in [3.05, 3.63) is 24.3 Å². The van der Waals surface area contributed by atoms with Crippen LogP contribution in [0.4, 0.5) is 8.78 Å². The molecular formula is C10H12F2O3S2. The van der Waals surface area contributed by atoms with Crippen LogP contribution in [-0.4, -0.2) is 31.6 Å². The summed E-state index contributed by atoms with van der Waals surface area (Å²) in [5, 5.41) is 8.61. The molecule has 0 aliphatic heterocycles. The summed E-state index contributed by atoms with van der Waals surface area (Å²) >= 11 is 1.14. The smallest absolute Gasteiger partial charge is 0.341 e. The summed E-state index contributed by atoms with van der Waals surface area (Å²) < 4.78 is 47.6. The van der Waals surface area contributed by atoms with Crippen LogP contribution in [0.3, 0.4) is 0 Å². The van der Waals surface area contributed by atoms with Gasteiger partial charge < -0.3 is 5.11 Å². The van der Waals surface area contributed by atoms with Crippen molar-refractivity contribution in [3.8, 4) is 0 Å². The molecule has 0 atom stereocenters. The fourth-order valence-electron chi connectivity index (χ4n) is 1.15. The van der Waals surface area contributed by atoms with Gasteiger partial charge in [-0.2, -0.15) is 8.78 Å². The summed E-state index contributed by atoms with van der Waals surface area (Å²) in [5.41, 5.74) is 0. The molecule has 7 heteroatoms. The van der Waals surface area contributed by atoms with E-state index in [1.54, 1.807) is 6.07 Å². The highest BCUT2D eigenvalue weighted by atomic mass is 32.2. The number of aliphatic hydroxyl groups excluding tert-OH is 1. The first-order chi connectivity index (χ1) is 8.00. The van der Waals surface area contributed by atoms with Gasteiger partial charge in [0.25, 0.3) is 0 Å². The van der Waals surface area contributed by atoms with Crippen LogP contribution in [0.25, 0.3) is 0 Å². The Morgan fingerprint density at radius 1 is 1.29 bits per heavy atom. The summed E-state index contributed by atoms with van der Waals surface area (Å²) in [6.07, 6.45) is 0.480. The Kier molecular flexibility index (Phi) is 5.35. The molecule has 0 aliphatic rings. The lowest BCUT2D eigenvalue weighted by Crippen LogP contribution is -2.12. The van der Waals surface area contributed by atoms with Crippen LogP contribution in [0.15, 0.2) is 34.1 Å². The van der Waals surface area contributed by atoms with Crippen LogP contribution >= 0.6 is 11.8 Å². The van der Waals surface area contributed by atoms with Crippen molar-refractivity contribution in [2.45, 2.75) is 22.0 Å². The molecular weight excluding hydrogens is 270 g/mol. The van der Waals surface area contributed by atoms with Crippen LogP contribution in [0.5, 0.6) is 0 Å². The van der Waals surface area contributed by atoms with E-state index in [1.165, 1.54) is 18.2 Å². The third-order valence-electron chi connectivity index (χ3n) is 1.95. The summed E-state index contributed by atoms with van der Waals surface area (Å²) in [6.45, 7) is -0.0171. The van der Waals surface area contributed by atoms with Crippen molar-refractivity contribution in [2.75, 3.05) is 12.4 Å². The molecule has 1 aromatic rings. The van der Waals surface area contributed by atoms with Gasteiger partial charge >= 0.3 is 5.76 Å². The highest BCUT2D eigenvalue weighted by Gasteiger charge is 2.28. The summed E-state index contributed by atoms with van der Waals surface area (Å²) in [5.74, 6) is -2.94. The Labute approximate surface area is 103 Å². The lowest BCUT2D eigenvalue weighted by Gasteiger charge is -2.08. The monoisotopic (exact) mass is 282 g/mol. The average molecular weight is 282 g/mol. The van der Waals surface area contributed by atoms with E-state index in [2.05, 4.69) is 0 Å². The minimum Gasteiger partial charge on any atom is -0.396 e. The molecule has 0 saturated heterocycles. The topological polar surface area (TPSA) is 54.4 Å². The SMILES string of the molecule is O=S(=O)(c1ccccc1SCCCO)C(F)F. The summed E-state index contributed by atoms with van der Waals surface area (Å²) in [7, 11) is -4.56. The van der Waals surface area contributed by atoms with Gasteiger partial charge in [-0.15, -0.1) is 11.8 Å². The van der Waals surface area contributed by atoms with E-state index >= 15 is 0 Å². The quantitative estimate of drug-likeness (QED) is 0.641. The van der Waals surface area contributed by atoms with E-state index < -0.39 is 15.6 Å². The highest BCUT2D eigenvalue weighted by molar-refractivity contribution is 8.00. The number of aliphatic hydroxyl groups is 1. The molecule has 0 bridgehead atoms. The standard InChI is InChI=1S/C10H12F2O3S2/c11-10(12)17(14,15)9-5-2-1-4-8(9)16-7-3-6-13/h1-2,4-5,10,13H,3,6-7H2. The number of benzene rings is 1. The fraction of sp³-hybridized carbons (Fsp3) is 0.400. The van der Waals surface area contributed by atoms with Gasteiger partial charge in [0.2, 0.25) is 9.84 Å². The number of alkyl halides is 2. The van der Waals surface area contributed by atoms with E-state index in [-0.39, 0.29) is 11.5 Å². The molecule has 0 amide bonds. The maximum Gasteiger partial charge on any atom is 0.341 e. The van der Waals surface area contributed by atoms with Crippen LogP contribution in [0, 0.1) is 0 Å². The van der Waals surface area contributed by atoms with Gasteiger partial charge in [-0.05, 0) is 18.6 Å². The maximum atomic E-state index is 12.4. The Hall–Kier alpha value is -0.660. The van der Waals surface area contributed by atoms with Gasteiger partial charge in [0.15, 0.2) is 0 Å². The van der Waals surface area contributed by atoms with Crippen molar-refractivity contribution in [3.63, 3.8) is 0 Å². The van der Waals surface area contributed by atoms with Gasteiger partial charge in [-0.3, -0.25) is 0 Å². The number of rotatable bonds is 6. The van der Waals surface area contributed by atoms with Gasteiger partial charge in [0.1, 0.15) is 0 Å². The predicted molar refractivity (Wildman–Crippen MR) is 62.1 cm³/mol. The summed E-state index contributed by atoms with van der Waals surface area (Å²) in [4.78, 5) is -0.0563. The van der Waals surface area contributed by atoms with E-state index in [9.17, 15) is 17.2 Å². The average Bonchev–Trinajstić information content (AvgIpc) is 2.29. The molecule has 0 radical (unpaired) electrons. The molecule has 1 rings (SSSR count). The molecule has 1 N–H and O–H groups in total. The number of thioether (sulfide) groups is 1. The molecule has 0 unspecified atom stereocenters. The van der Waals surface area contributed by atoms with Gasteiger partial charge in [-0.25, -0.2) is 8.42 Å². The Balaban J connectivity index is 3.00. The van der Waals surface area contributed by atoms with E-state index in [1.807, 2.05) is 0 Å². The number of halogens is 2. The molecule has 17 heavy (non-hydrogen) atoms. The molecule has 0 aliphatic carbocycles. The lowest BCUT2D eigenvalue weighted by molar-refractivity contribution is 0.234. The number of hydrogen-bond donors (Lipinski definition) is 1. The van der Waals surface area contributed by atoms with E-state index in [0.717, 1.165) is 11.8 Å². The Morgan fingerprint density at radius 2 is 1.94 bits per heavy atom. The fourth-order valence-corrected chi connectivity index (χ4v) is 3.36. The largest absolute Gasteiger partial charge is 0.396 e. The van der Waals surface area contributed by atoms with Crippen molar-refractivity contribution < 1.29 is 22.3 Å². The highest BCUT2D eigenvalue weighted by Crippen LogP contribution is 2.29. The zero-order valence-electron chi connectivity index (χ0n) is 8.84. The van der Waals surface area contributed by atoms with Crippen LogP contribution in [0.1, 0.15) is 6.42 Å². The maximum absolute atomic E-state index is 12.4. The minimum absolute atomic E-state index is 0.0171. The van der Waals surface area contributed by atoms with Crippen molar-refractivity contribution in [1.29, 1.82) is 0 Å². The molecule has 96 valence electrons. The van der Waals surface area contributed by atoms with Crippen LogP contribution in [-0.2, 0) is 9.84 Å². The second kappa shape index (κ2) is 6.32. The van der Waals surface area contributed by atoms with E-state index in [0.29, 0.717) is 17.1 Å². The first kappa shape index (κ1) is 14.4. The molecule has 1 aromatic carbocycles. The second-order valence-electron chi connectivity index (χ2n) is 3.18. The third kappa shape index (κ3) is 3.65. The van der Waals surface area contributed by atoms with E-state index in [4.69, 9.17) is 5.11 Å². The minimum atomic E-state index is -4.56. The molecule has 0 spiro atoms. The number of sulfone groups is 1. The zero-order chi connectivity index (χ0) is 12.9. The normalized spacial score (nSPS) is 12.0. The predicted octanol–water partition coefficient (Wildman–Crippen LogP) is 2.16. The first-order valence-electron chi connectivity index (χ1n) is 4.85. The van der Waals surface area contributed by atoms with Gasteiger partial charge in [0.05, 0.1) is 4.90 Å². The summed E-state index contributed by atoms with van der Waals surface area (Å²) in [6, 6.07) is 5.65. The molecule has 0 fully saturated rings. The second-order valence-corrected chi connectivity index (χ2v) is 6.20. The van der Waals surface area contributed by atoms with Crippen LogP contribution < -0.4 is 0 Å². The molecule has 0 saturated carbocycles. The van der Waals surface area contributed by atoms with Crippen molar-refractivity contribution in [1.82, 2.24) is 0 Å². The van der Waals surface area contributed by atoms with Gasteiger partial charge in [0, 0.05) is 17.3 Å². The van der Waals surface area contributed by atoms with Crippen LogP contribution in [0.2, 0.25) is 0 Å². The Morgan fingerprint density at radius 3 is 2.53 bits per heavy atom. The lowest BCUT2D eigenvalue weighted by atomic mass is 10.4. The third-order valence-corrected chi connectivity index (χ3v) is 4.68. The Bertz CT molecular complexity index is 460. The molecule has 0 aromatic heterocycles. The first-order valence-corrected chi connectivity index (χ1v) is 7.38.